The number of carbonyl (C=O) groups excluding carboxylic acids is 1. The highest BCUT2D eigenvalue weighted by atomic mass is 79.9. The Morgan fingerprint density at radius 1 is 1.25 bits per heavy atom. The number of nitrogens with one attached hydrogen (secondary N) is 1. The summed E-state index contributed by atoms with van der Waals surface area (Å²) in [6.45, 7) is 5.25. The van der Waals surface area contributed by atoms with E-state index >= 15 is 0 Å². The molecule has 0 saturated heterocycles. The predicted octanol–water partition coefficient (Wildman–Crippen LogP) is 5.07. The van der Waals surface area contributed by atoms with Gasteiger partial charge in [0.1, 0.15) is 0 Å². The number of unbranched alkanes of at least 4 members (excludes halogenated alkanes) is 3. The molecule has 0 aliphatic heterocycles. The van der Waals surface area contributed by atoms with Gasteiger partial charge in [-0.15, -0.1) is 12.6 Å². The molecule has 0 atom stereocenters. The molecule has 0 saturated carbocycles. The number of amides is 1. The smallest absolute Gasteiger partial charge is 0.252 e. The summed E-state index contributed by atoms with van der Waals surface area (Å²) in [6, 6.07) is 5.49. The van der Waals surface area contributed by atoms with Gasteiger partial charge in [0.2, 0.25) is 0 Å². The van der Waals surface area contributed by atoms with Crippen LogP contribution in [-0.2, 0) is 0 Å². The maximum absolute atomic E-state index is 12.0. The Morgan fingerprint density at radius 2 is 1.95 bits per heavy atom. The number of hydrogen-bond donors (Lipinski definition) is 2. The van der Waals surface area contributed by atoms with Crippen LogP contribution in [0.4, 0.5) is 0 Å². The Labute approximate surface area is 136 Å². The highest BCUT2D eigenvalue weighted by Crippen LogP contribution is 2.19. The van der Waals surface area contributed by atoms with Gasteiger partial charge in [0.25, 0.3) is 5.91 Å². The Hall–Kier alpha value is -0.480. The lowest BCUT2D eigenvalue weighted by Crippen LogP contribution is -2.24. The van der Waals surface area contributed by atoms with Crippen molar-refractivity contribution in [1.29, 1.82) is 0 Å². The third kappa shape index (κ3) is 6.80. The van der Waals surface area contributed by atoms with Gasteiger partial charge in [-0.25, -0.2) is 0 Å². The molecule has 4 heteroatoms. The fourth-order valence-corrected chi connectivity index (χ4v) is 2.88. The quantitative estimate of drug-likeness (QED) is 0.493. The molecule has 0 aliphatic rings. The van der Waals surface area contributed by atoms with Crippen molar-refractivity contribution in [2.24, 2.45) is 5.92 Å². The third-order valence-electron chi connectivity index (χ3n) is 3.20. The normalized spacial score (nSPS) is 10.8. The van der Waals surface area contributed by atoms with Gasteiger partial charge >= 0.3 is 0 Å². The molecule has 0 aliphatic carbocycles. The average Bonchev–Trinajstić information content (AvgIpc) is 2.37. The first-order valence-corrected chi connectivity index (χ1v) is 8.51. The van der Waals surface area contributed by atoms with E-state index in [9.17, 15) is 4.79 Å². The zero-order valence-corrected chi connectivity index (χ0v) is 14.8. The van der Waals surface area contributed by atoms with E-state index in [4.69, 9.17) is 0 Å². The largest absolute Gasteiger partial charge is 0.352 e. The zero-order chi connectivity index (χ0) is 15.0. The van der Waals surface area contributed by atoms with Crippen molar-refractivity contribution in [3.63, 3.8) is 0 Å². The van der Waals surface area contributed by atoms with Gasteiger partial charge in [0.15, 0.2) is 0 Å². The summed E-state index contributed by atoms with van der Waals surface area (Å²) in [4.78, 5) is 12.7. The van der Waals surface area contributed by atoms with Crippen molar-refractivity contribution in [3.8, 4) is 0 Å². The van der Waals surface area contributed by atoms with E-state index in [1.165, 1.54) is 25.7 Å². The number of rotatable bonds is 8. The molecule has 2 nitrogen and oxygen atoms in total. The molecule has 1 aromatic rings. The fraction of sp³-hybridized carbons (Fsp3) is 0.562. The molecule has 112 valence electrons. The Morgan fingerprint density at radius 3 is 2.60 bits per heavy atom. The van der Waals surface area contributed by atoms with Gasteiger partial charge in [-0.2, -0.15) is 0 Å². The van der Waals surface area contributed by atoms with Crippen LogP contribution >= 0.6 is 28.6 Å². The lowest BCUT2D eigenvalue weighted by Gasteiger charge is -2.08. The van der Waals surface area contributed by atoms with Crippen molar-refractivity contribution in [2.45, 2.75) is 50.8 Å². The summed E-state index contributed by atoms with van der Waals surface area (Å²) in [5, 5.41) is 2.96. The second kappa shape index (κ2) is 9.46. The van der Waals surface area contributed by atoms with E-state index in [-0.39, 0.29) is 5.91 Å². The number of thiol groups is 1. The van der Waals surface area contributed by atoms with Crippen LogP contribution in [0.25, 0.3) is 0 Å². The topological polar surface area (TPSA) is 29.1 Å². The molecule has 0 aromatic heterocycles. The molecule has 0 spiro atoms. The summed E-state index contributed by atoms with van der Waals surface area (Å²) in [5.41, 5.74) is 0.636. The van der Waals surface area contributed by atoms with Gasteiger partial charge in [0.05, 0.1) is 5.56 Å². The minimum absolute atomic E-state index is 0.0373. The van der Waals surface area contributed by atoms with E-state index < -0.39 is 0 Å². The number of carbonyl (C=O) groups is 1. The second-order valence-corrected chi connectivity index (χ2v) is 6.91. The molecule has 0 heterocycles. The third-order valence-corrected chi connectivity index (χ3v) is 4.06. The summed E-state index contributed by atoms with van der Waals surface area (Å²) in [7, 11) is 0. The summed E-state index contributed by atoms with van der Waals surface area (Å²) < 4.78 is 0.934. The van der Waals surface area contributed by atoms with Gasteiger partial charge in [-0.3, -0.25) is 4.79 Å². The Balaban J connectivity index is 2.20. The molecule has 1 rings (SSSR count). The molecule has 0 radical (unpaired) electrons. The SMILES string of the molecule is CC(C)CCCCCCNC(=O)c1ccc(Br)cc1S. The predicted molar refractivity (Wildman–Crippen MR) is 91.7 cm³/mol. The van der Waals surface area contributed by atoms with Crippen molar-refractivity contribution in [2.75, 3.05) is 6.54 Å². The molecular weight excluding hydrogens is 334 g/mol. The Kier molecular flexibility index (Phi) is 8.31. The van der Waals surface area contributed by atoms with Crippen molar-refractivity contribution in [1.82, 2.24) is 5.32 Å². The molecule has 1 N–H and O–H groups in total. The minimum Gasteiger partial charge on any atom is -0.352 e. The minimum atomic E-state index is -0.0373. The first kappa shape index (κ1) is 17.6. The van der Waals surface area contributed by atoms with E-state index in [1.807, 2.05) is 12.1 Å². The van der Waals surface area contributed by atoms with Crippen LogP contribution in [-0.4, -0.2) is 12.5 Å². The molecule has 1 amide bonds. The average molecular weight is 358 g/mol. The lowest BCUT2D eigenvalue weighted by molar-refractivity contribution is 0.0950. The van der Waals surface area contributed by atoms with E-state index in [0.717, 1.165) is 23.4 Å². The van der Waals surface area contributed by atoms with Crippen LogP contribution in [0.1, 0.15) is 56.3 Å². The van der Waals surface area contributed by atoms with Gasteiger partial charge < -0.3 is 5.32 Å². The highest BCUT2D eigenvalue weighted by molar-refractivity contribution is 9.10. The van der Waals surface area contributed by atoms with Crippen LogP contribution in [0.3, 0.4) is 0 Å². The summed E-state index contributed by atoms with van der Waals surface area (Å²) >= 11 is 7.69. The number of benzene rings is 1. The molecular formula is C16H24BrNOS. The van der Waals surface area contributed by atoms with E-state index in [1.54, 1.807) is 6.07 Å². The van der Waals surface area contributed by atoms with Crippen LogP contribution in [0.2, 0.25) is 0 Å². The van der Waals surface area contributed by atoms with Gasteiger partial charge in [-0.05, 0) is 30.5 Å². The highest BCUT2D eigenvalue weighted by Gasteiger charge is 2.08. The fourth-order valence-electron chi connectivity index (χ4n) is 2.03. The maximum atomic E-state index is 12.0. The van der Waals surface area contributed by atoms with E-state index in [0.29, 0.717) is 10.5 Å². The first-order chi connectivity index (χ1) is 9.50. The molecule has 0 bridgehead atoms. The van der Waals surface area contributed by atoms with Gasteiger partial charge in [0, 0.05) is 15.9 Å². The van der Waals surface area contributed by atoms with Gasteiger partial charge in [-0.1, -0.05) is 55.5 Å². The molecule has 0 unspecified atom stereocenters. The Bertz CT molecular complexity index is 434. The van der Waals surface area contributed by atoms with E-state index in [2.05, 4.69) is 47.7 Å². The van der Waals surface area contributed by atoms with Crippen LogP contribution in [0.5, 0.6) is 0 Å². The van der Waals surface area contributed by atoms with Crippen LogP contribution < -0.4 is 5.32 Å². The molecule has 1 aromatic carbocycles. The number of halogens is 1. The monoisotopic (exact) mass is 357 g/mol. The summed E-state index contributed by atoms with van der Waals surface area (Å²) in [5.74, 6) is 0.755. The molecule has 0 fully saturated rings. The van der Waals surface area contributed by atoms with Crippen molar-refractivity contribution >= 4 is 34.5 Å². The standard InChI is InChI=1S/C16H24BrNOS/c1-12(2)7-5-3-4-6-10-18-16(19)14-9-8-13(17)11-15(14)20/h8-9,11-12,20H,3-7,10H2,1-2H3,(H,18,19). The zero-order valence-electron chi connectivity index (χ0n) is 12.3. The maximum Gasteiger partial charge on any atom is 0.252 e. The first-order valence-electron chi connectivity index (χ1n) is 7.27. The lowest BCUT2D eigenvalue weighted by atomic mass is 10.0. The summed E-state index contributed by atoms with van der Waals surface area (Å²) in [6.07, 6.45) is 6.07. The number of hydrogen-bond acceptors (Lipinski definition) is 2. The second-order valence-electron chi connectivity index (χ2n) is 5.51. The van der Waals surface area contributed by atoms with Crippen molar-refractivity contribution < 1.29 is 4.79 Å². The van der Waals surface area contributed by atoms with Crippen LogP contribution in [0, 0.1) is 5.92 Å². The molecule has 20 heavy (non-hydrogen) atoms. The van der Waals surface area contributed by atoms with Crippen molar-refractivity contribution in [3.05, 3.63) is 28.2 Å². The van der Waals surface area contributed by atoms with Crippen LogP contribution in [0.15, 0.2) is 27.6 Å².